The van der Waals surface area contributed by atoms with Crippen LogP contribution in [0.3, 0.4) is 0 Å². The molecule has 3 aromatic carbocycles. The summed E-state index contributed by atoms with van der Waals surface area (Å²) in [6.45, 7) is 2.76. The summed E-state index contributed by atoms with van der Waals surface area (Å²) in [4.78, 5) is 42.7. The Balaban J connectivity index is 1.56. The van der Waals surface area contributed by atoms with Crippen molar-refractivity contribution in [2.75, 3.05) is 31.0 Å². The lowest BCUT2D eigenvalue weighted by atomic mass is 10.1. The first-order valence-corrected chi connectivity index (χ1v) is 12.4. The van der Waals surface area contributed by atoms with Crippen molar-refractivity contribution in [2.45, 2.75) is 32.4 Å². The fraction of sp³-hybridized carbons (Fsp3) is 0.276. The number of nitrogens with one attached hydrogen (secondary N) is 1. The lowest BCUT2D eigenvalue weighted by Crippen LogP contribution is -2.37. The van der Waals surface area contributed by atoms with Gasteiger partial charge < -0.3 is 24.4 Å². The van der Waals surface area contributed by atoms with E-state index in [0.29, 0.717) is 35.2 Å². The van der Waals surface area contributed by atoms with Crippen LogP contribution in [-0.4, -0.2) is 49.6 Å². The van der Waals surface area contributed by atoms with E-state index in [2.05, 4.69) is 5.32 Å². The van der Waals surface area contributed by atoms with Gasteiger partial charge in [-0.25, -0.2) is 9.69 Å². The molecule has 0 spiro atoms. The van der Waals surface area contributed by atoms with Crippen LogP contribution in [0.2, 0.25) is 0 Å². The molecule has 9 heteroatoms. The highest BCUT2D eigenvalue weighted by molar-refractivity contribution is 6.22. The van der Waals surface area contributed by atoms with E-state index in [4.69, 9.17) is 14.2 Å². The number of amides is 4. The van der Waals surface area contributed by atoms with Crippen LogP contribution in [0.15, 0.2) is 72.8 Å². The first-order valence-electron chi connectivity index (χ1n) is 12.4. The summed E-state index contributed by atoms with van der Waals surface area (Å²) in [5, 5.41) is 2.82. The summed E-state index contributed by atoms with van der Waals surface area (Å²) in [5.74, 6) is 0.978. The van der Waals surface area contributed by atoms with Gasteiger partial charge in [0.2, 0.25) is 5.91 Å². The predicted molar refractivity (Wildman–Crippen MR) is 144 cm³/mol. The fourth-order valence-corrected chi connectivity index (χ4v) is 4.21. The Morgan fingerprint density at radius 1 is 0.895 bits per heavy atom. The highest BCUT2D eigenvalue weighted by atomic mass is 16.5. The van der Waals surface area contributed by atoms with E-state index in [9.17, 15) is 14.4 Å². The van der Waals surface area contributed by atoms with E-state index < -0.39 is 18.0 Å². The minimum absolute atomic E-state index is 0.129. The summed E-state index contributed by atoms with van der Waals surface area (Å²) in [6.07, 6.45) is 0.689. The standard InChI is InChI=1S/C29H31N3O6/c1-4-15-38-23-13-11-21(12-14-23)30-27(33)18-26-28(34)32(22-8-6-10-25(17-22)37-3)29(35)31(26)19-20-7-5-9-24(16-20)36-2/h5-14,16-17,26H,4,15,18-19H2,1-3H3,(H,30,33). The number of anilines is 2. The van der Waals surface area contributed by atoms with Gasteiger partial charge >= 0.3 is 6.03 Å². The van der Waals surface area contributed by atoms with Crippen LogP contribution in [0.1, 0.15) is 25.3 Å². The largest absolute Gasteiger partial charge is 0.497 e. The number of hydrogen-bond acceptors (Lipinski definition) is 6. The van der Waals surface area contributed by atoms with Gasteiger partial charge in [-0.1, -0.05) is 25.1 Å². The van der Waals surface area contributed by atoms with Crippen LogP contribution < -0.4 is 24.4 Å². The van der Waals surface area contributed by atoms with Gasteiger partial charge in [0.25, 0.3) is 5.91 Å². The number of urea groups is 1. The maximum atomic E-state index is 13.6. The Morgan fingerprint density at radius 2 is 1.58 bits per heavy atom. The molecule has 0 saturated carbocycles. The van der Waals surface area contributed by atoms with Crippen LogP contribution in [0.5, 0.6) is 17.2 Å². The number of ether oxygens (including phenoxy) is 3. The minimum atomic E-state index is -0.993. The first-order chi connectivity index (χ1) is 18.4. The first kappa shape index (κ1) is 26.5. The number of rotatable bonds is 11. The van der Waals surface area contributed by atoms with E-state index in [0.717, 1.165) is 16.9 Å². The fourth-order valence-electron chi connectivity index (χ4n) is 4.21. The molecular weight excluding hydrogens is 486 g/mol. The van der Waals surface area contributed by atoms with Gasteiger partial charge in [0.05, 0.1) is 32.9 Å². The van der Waals surface area contributed by atoms with Crippen molar-refractivity contribution in [3.05, 3.63) is 78.4 Å². The second-order valence-corrected chi connectivity index (χ2v) is 8.78. The van der Waals surface area contributed by atoms with Gasteiger partial charge in [-0.05, 0) is 60.5 Å². The van der Waals surface area contributed by atoms with Crippen molar-refractivity contribution < 1.29 is 28.6 Å². The molecule has 1 aliphatic rings. The summed E-state index contributed by atoms with van der Waals surface area (Å²) >= 11 is 0. The van der Waals surface area contributed by atoms with E-state index >= 15 is 0 Å². The zero-order valence-corrected chi connectivity index (χ0v) is 21.7. The van der Waals surface area contributed by atoms with Crippen molar-refractivity contribution in [3.63, 3.8) is 0 Å². The quantitative estimate of drug-likeness (QED) is 0.365. The summed E-state index contributed by atoms with van der Waals surface area (Å²) < 4.78 is 16.2. The normalized spacial score (nSPS) is 15.0. The zero-order chi connectivity index (χ0) is 27.1. The number of nitrogens with zero attached hydrogens (tertiary/aromatic N) is 2. The molecule has 1 fully saturated rings. The van der Waals surface area contributed by atoms with Crippen molar-refractivity contribution in [3.8, 4) is 17.2 Å². The van der Waals surface area contributed by atoms with Crippen LogP contribution in [-0.2, 0) is 16.1 Å². The van der Waals surface area contributed by atoms with Crippen LogP contribution in [0, 0.1) is 0 Å². The molecule has 1 aliphatic heterocycles. The molecule has 38 heavy (non-hydrogen) atoms. The van der Waals surface area contributed by atoms with Gasteiger partial charge in [-0.2, -0.15) is 0 Å². The second kappa shape index (κ2) is 12.1. The number of methoxy groups -OCH3 is 2. The average Bonchev–Trinajstić information content (AvgIpc) is 3.16. The van der Waals surface area contributed by atoms with E-state index in [1.54, 1.807) is 67.8 Å². The van der Waals surface area contributed by atoms with Crippen LogP contribution in [0.25, 0.3) is 0 Å². The molecular formula is C29H31N3O6. The maximum absolute atomic E-state index is 13.6. The topological polar surface area (TPSA) is 97.4 Å². The molecule has 198 valence electrons. The van der Waals surface area contributed by atoms with Gasteiger partial charge in [0.1, 0.15) is 23.3 Å². The Morgan fingerprint density at radius 3 is 2.26 bits per heavy atom. The summed E-state index contributed by atoms with van der Waals surface area (Å²) in [5.41, 5.74) is 1.71. The third-order valence-corrected chi connectivity index (χ3v) is 6.11. The second-order valence-electron chi connectivity index (χ2n) is 8.78. The number of carbonyl (C=O) groups excluding carboxylic acids is 3. The molecule has 9 nitrogen and oxygen atoms in total. The third kappa shape index (κ3) is 6.05. The average molecular weight is 518 g/mol. The van der Waals surface area contributed by atoms with Gasteiger partial charge in [0, 0.05) is 18.3 Å². The number of imide groups is 1. The molecule has 0 bridgehead atoms. The molecule has 0 radical (unpaired) electrons. The molecule has 3 aromatic rings. The Hall–Kier alpha value is -4.53. The Labute approximate surface area is 221 Å². The highest BCUT2D eigenvalue weighted by Gasteiger charge is 2.46. The van der Waals surface area contributed by atoms with Crippen molar-refractivity contribution >= 4 is 29.2 Å². The molecule has 0 aliphatic carbocycles. The zero-order valence-electron chi connectivity index (χ0n) is 21.7. The van der Waals surface area contributed by atoms with Crippen LogP contribution >= 0.6 is 0 Å². The number of benzene rings is 3. The minimum Gasteiger partial charge on any atom is -0.497 e. The van der Waals surface area contributed by atoms with Gasteiger partial charge in [-0.15, -0.1) is 0 Å². The molecule has 4 amide bonds. The molecule has 1 unspecified atom stereocenters. The van der Waals surface area contributed by atoms with Gasteiger partial charge in [-0.3, -0.25) is 9.59 Å². The molecule has 1 N–H and O–H groups in total. The molecule has 0 aromatic heterocycles. The van der Waals surface area contributed by atoms with Crippen molar-refractivity contribution in [1.82, 2.24) is 4.90 Å². The third-order valence-electron chi connectivity index (χ3n) is 6.11. The molecule has 1 saturated heterocycles. The molecule has 1 atom stereocenters. The predicted octanol–water partition coefficient (Wildman–Crippen LogP) is 4.86. The number of hydrogen-bond donors (Lipinski definition) is 1. The Bertz CT molecular complexity index is 1290. The highest BCUT2D eigenvalue weighted by Crippen LogP contribution is 2.31. The SMILES string of the molecule is CCCOc1ccc(NC(=O)CC2C(=O)N(c3cccc(OC)c3)C(=O)N2Cc2cccc(OC)c2)cc1. The maximum Gasteiger partial charge on any atom is 0.332 e. The monoisotopic (exact) mass is 517 g/mol. The lowest BCUT2D eigenvalue weighted by Gasteiger charge is -2.22. The van der Waals surface area contributed by atoms with E-state index in [-0.39, 0.29) is 18.9 Å². The number of carbonyl (C=O) groups is 3. The Kier molecular flexibility index (Phi) is 8.47. The summed E-state index contributed by atoms with van der Waals surface area (Å²) in [7, 11) is 3.07. The van der Waals surface area contributed by atoms with E-state index in [1.165, 1.54) is 12.0 Å². The lowest BCUT2D eigenvalue weighted by molar-refractivity contribution is -0.124. The smallest absolute Gasteiger partial charge is 0.332 e. The van der Waals surface area contributed by atoms with Crippen molar-refractivity contribution in [1.29, 1.82) is 0 Å². The summed E-state index contributed by atoms with van der Waals surface area (Å²) in [6, 6.07) is 19.5. The van der Waals surface area contributed by atoms with E-state index in [1.807, 2.05) is 19.1 Å². The van der Waals surface area contributed by atoms with Crippen LogP contribution in [0.4, 0.5) is 16.2 Å². The molecule has 1 heterocycles. The van der Waals surface area contributed by atoms with Crippen molar-refractivity contribution in [2.24, 2.45) is 0 Å². The van der Waals surface area contributed by atoms with Gasteiger partial charge in [0.15, 0.2) is 0 Å². The molecule has 4 rings (SSSR count).